The number of benzene rings is 3. The molecule has 33 heavy (non-hydrogen) atoms. The first-order chi connectivity index (χ1) is 16.1. The normalized spacial score (nSPS) is 11.0. The van der Waals surface area contributed by atoms with Gasteiger partial charge in [-0.25, -0.2) is 9.98 Å². The van der Waals surface area contributed by atoms with E-state index in [9.17, 15) is 5.11 Å². The van der Waals surface area contributed by atoms with Crippen LogP contribution in [0.2, 0.25) is 0 Å². The Morgan fingerprint density at radius 1 is 0.909 bits per heavy atom. The van der Waals surface area contributed by atoms with E-state index in [-0.39, 0.29) is 5.75 Å². The molecule has 1 heterocycles. The van der Waals surface area contributed by atoms with Gasteiger partial charge in [0.1, 0.15) is 11.5 Å². The summed E-state index contributed by atoms with van der Waals surface area (Å²) in [5, 5.41) is 10.5. The van der Waals surface area contributed by atoms with E-state index in [4.69, 9.17) is 19.2 Å². The fraction of sp³-hybridized carbons (Fsp3) is 0.154. The van der Waals surface area contributed by atoms with Crippen LogP contribution in [0.15, 0.2) is 71.7 Å². The molecule has 0 bridgehead atoms. The Morgan fingerprint density at radius 3 is 2.15 bits per heavy atom. The molecule has 7 heteroatoms. The summed E-state index contributed by atoms with van der Waals surface area (Å²) in [4.78, 5) is 10.4. The van der Waals surface area contributed by atoms with Gasteiger partial charge >= 0.3 is 0 Å². The van der Waals surface area contributed by atoms with Gasteiger partial charge in [0.05, 0.1) is 31.4 Å². The average Bonchev–Trinajstić information content (AvgIpc) is 3.29. The van der Waals surface area contributed by atoms with Crippen molar-refractivity contribution in [1.29, 1.82) is 0 Å². The number of phenolic OH excluding ortho intramolecular Hbond substituents is 1. The highest BCUT2D eigenvalue weighted by Crippen LogP contribution is 2.41. The number of hydrogen-bond donors (Lipinski definition) is 1. The molecular weight excluding hydrogens is 436 g/mol. The monoisotopic (exact) mass is 460 g/mol. The number of phenols is 1. The van der Waals surface area contributed by atoms with E-state index < -0.39 is 0 Å². The molecule has 6 nitrogen and oxygen atoms in total. The smallest absolute Gasteiger partial charge is 0.210 e. The molecule has 0 unspecified atom stereocenters. The second kappa shape index (κ2) is 10.2. The Hall–Kier alpha value is -3.84. The summed E-state index contributed by atoms with van der Waals surface area (Å²) in [6.45, 7) is 2.34. The van der Waals surface area contributed by atoms with Crippen molar-refractivity contribution < 1.29 is 19.3 Å². The first kappa shape index (κ1) is 22.4. The first-order valence-corrected chi connectivity index (χ1v) is 11.2. The molecule has 0 atom stereocenters. The Morgan fingerprint density at radius 2 is 1.55 bits per heavy atom. The Labute approximate surface area is 196 Å². The second-order valence-electron chi connectivity index (χ2n) is 7.05. The number of methoxy groups -OCH3 is 2. The second-order valence-corrected chi connectivity index (χ2v) is 8.03. The van der Waals surface area contributed by atoms with Gasteiger partial charge in [0.25, 0.3) is 0 Å². The molecule has 1 aromatic heterocycles. The number of nitrogens with zero attached hydrogens (tertiary/aromatic N) is 2. The Bertz CT molecular complexity index is 1180. The SMILES string of the molecule is CCOc1cc(C=Nc2nc(-c3ccc(OC)cc3)c(-c3ccc(OC)cc3)s2)ccc1O. The Balaban J connectivity index is 1.72. The fourth-order valence-corrected chi connectivity index (χ4v) is 4.20. The van der Waals surface area contributed by atoms with Crippen molar-refractivity contribution in [3.8, 4) is 44.7 Å². The third-order valence-electron chi connectivity index (χ3n) is 4.94. The third kappa shape index (κ3) is 5.15. The number of hydrogen-bond acceptors (Lipinski definition) is 7. The van der Waals surface area contributed by atoms with Gasteiger partial charge in [0.2, 0.25) is 5.13 Å². The fourth-order valence-electron chi connectivity index (χ4n) is 3.26. The third-order valence-corrected chi connectivity index (χ3v) is 5.95. The van der Waals surface area contributed by atoms with Crippen molar-refractivity contribution in [2.24, 2.45) is 4.99 Å². The van der Waals surface area contributed by atoms with Crippen LogP contribution in [0.25, 0.3) is 21.7 Å². The van der Waals surface area contributed by atoms with Crippen LogP contribution < -0.4 is 14.2 Å². The largest absolute Gasteiger partial charge is 0.504 e. The van der Waals surface area contributed by atoms with Gasteiger partial charge in [-0.1, -0.05) is 11.3 Å². The molecular formula is C26H24N2O4S. The van der Waals surface area contributed by atoms with E-state index in [1.54, 1.807) is 38.6 Å². The highest BCUT2D eigenvalue weighted by atomic mass is 32.1. The minimum Gasteiger partial charge on any atom is -0.504 e. The minimum absolute atomic E-state index is 0.104. The van der Waals surface area contributed by atoms with E-state index in [0.29, 0.717) is 17.5 Å². The maximum Gasteiger partial charge on any atom is 0.210 e. The zero-order valence-electron chi connectivity index (χ0n) is 18.6. The van der Waals surface area contributed by atoms with Crippen molar-refractivity contribution in [1.82, 2.24) is 4.98 Å². The molecule has 4 rings (SSSR count). The molecule has 3 aromatic carbocycles. The summed E-state index contributed by atoms with van der Waals surface area (Å²) < 4.78 is 16.0. The van der Waals surface area contributed by atoms with Crippen LogP contribution in [0.1, 0.15) is 12.5 Å². The van der Waals surface area contributed by atoms with Crippen molar-refractivity contribution in [3.63, 3.8) is 0 Å². The molecule has 0 aliphatic carbocycles. The highest BCUT2D eigenvalue weighted by Gasteiger charge is 2.15. The van der Waals surface area contributed by atoms with Gasteiger partial charge < -0.3 is 19.3 Å². The van der Waals surface area contributed by atoms with Gasteiger partial charge in [-0.05, 0) is 84.8 Å². The molecule has 4 aromatic rings. The number of rotatable bonds is 8. The molecule has 0 radical (unpaired) electrons. The lowest BCUT2D eigenvalue weighted by Gasteiger charge is -2.05. The number of aromatic nitrogens is 1. The number of thiazole rings is 1. The van der Waals surface area contributed by atoms with Crippen LogP contribution in [0.5, 0.6) is 23.0 Å². The van der Waals surface area contributed by atoms with Crippen molar-refractivity contribution in [2.75, 3.05) is 20.8 Å². The lowest BCUT2D eigenvalue weighted by Crippen LogP contribution is -1.93. The first-order valence-electron chi connectivity index (χ1n) is 10.4. The molecule has 0 saturated heterocycles. The van der Waals surface area contributed by atoms with Crippen LogP contribution in [0.3, 0.4) is 0 Å². The van der Waals surface area contributed by atoms with Crippen LogP contribution >= 0.6 is 11.3 Å². The summed E-state index contributed by atoms with van der Waals surface area (Å²) in [5.74, 6) is 2.12. The highest BCUT2D eigenvalue weighted by molar-refractivity contribution is 7.19. The van der Waals surface area contributed by atoms with E-state index in [0.717, 1.165) is 38.8 Å². The molecule has 0 saturated carbocycles. The Kier molecular flexibility index (Phi) is 6.90. The summed E-state index contributed by atoms with van der Waals surface area (Å²) in [6.07, 6.45) is 1.72. The molecule has 0 aliphatic heterocycles. The lowest BCUT2D eigenvalue weighted by atomic mass is 10.1. The van der Waals surface area contributed by atoms with Gasteiger partial charge in [-0.3, -0.25) is 0 Å². The topological polar surface area (TPSA) is 73.2 Å². The summed E-state index contributed by atoms with van der Waals surface area (Å²) in [7, 11) is 3.30. The lowest BCUT2D eigenvalue weighted by molar-refractivity contribution is 0.318. The zero-order valence-corrected chi connectivity index (χ0v) is 19.4. The maximum atomic E-state index is 9.92. The number of aromatic hydroxyl groups is 1. The van der Waals surface area contributed by atoms with E-state index in [1.807, 2.05) is 55.5 Å². The average molecular weight is 461 g/mol. The molecule has 168 valence electrons. The van der Waals surface area contributed by atoms with E-state index >= 15 is 0 Å². The molecule has 0 amide bonds. The standard InChI is InChI=1S/C26H24N2O4S/c1-4-32-23-15-17(5-14-22(23)29)16-27-26-28-24(18-6-10-20(30-2)11-7-18)25(33-26)19-8-12-21(31-3)13-9-19/h5-16,29H,4H2,1-3H3. The van der Waals surface area contributed by atoms with Gasteiger partial charge in [-0.2, -0.15) is 0 Å². The van der Waals surface area contributed by atoms with Crippen molar-refractivity contribution >= 4 is 22.7 Å². The van der Waals surface area contributed by atoms with Crippen LogP contribution in [-0.2, 0) is 0 Å². The summed E-state index contributed by atoms with van der Waals surface area (Å²) in [5.41, 5.74) is 3.66. The van der Waals surface area contributed by atoms with Crippen LogP contribution in [0, 0.1) is 0 Å². The van der Waals surface area contributed by atoms with Gasteiger partial charge in [0, 0.05) is 11.8 Å². The molecule has 0 fully saturated rings. The van der Waals surface area contributed by atoms with Crippen molar-refractivity contribution in [3.05, 3.63) is 72.3 Å². The predicted octanol–water partition coefficient (Wildman–Crippen LogP) is 6.35. The minimum atomic E-state index is 0.104. The molecule has 0 aliphatic rings. The summed E-state index contributed by atoms with van der Waals surface area (Å²) >= 11 is 1.51. The molecule has 0 spiro atoms. The predicted molar refractivity (Wildman–Crippen MR) is 133 cm³/mol. The van der Waals surface area contributed by atoms with Crippen LogP contribution in [0.4, 0.5) is 5.13 Å². The zero-order chi connectivity index (χ0) is 23.2. The van der Waals surface area contributed by atoms with E-state index in [1.165, 1.54) is 11.3 Å². The van der Waals surface area contributed by atoms with Crippen molar-refractivity contribution in [2.45, 2.75) is 6.92 Å². The molecule has 1 N–H and O–H groups in total. The number of ether oxygens (including phenoxy) is 3. The quantitative estimate of drug-likeness (QED) is 0.310. The van der Waals surface area contributed by atoms with Crippen LogP contribution in [-0.4, -0.2) is 37.1 Å². The van der Waals surface area contributed by atoms with Gasteiger partial charge in [0.15, 0.2) is 11.5 Å². The summed E-state index contributed by atoms with van der Waals surface area (Å²) in [6, 6.07) is 20.8. The van der Waals surface area contributed by atoms with E-state index in [2.05, 4.69) is 4.99 Å². The maximum absolute atomic E-state index is 9.92. The van der Waals surface area contributed by atoms with Gasteiger partial charge in [-0.15, -0.1) is 0 Å². The number of aliphatic imine (C=N–C) groups is 1.